The molecular formula is C18H22N4S. The molecule has 0 unspecified atom stereocenters. The molecular weight excluding hydrogens is 304 g/mol. The Morgan fingerprint density at radius 3 is 2.30 bits per heavy atom. The SMILES string of the molecule is CCN(CC)c1ccc(/C=N/NC(=S)Nc2ccccc2)cc1. The summed E-state index contributed by atoms with van der Waals surface area (Å²) in [5.41, 5.74) is 6.00. The van der Waals surface area contributed by atoms with Crippen molar-refractivity contribution in [2.24, 2.45) is 5.10 Å². The fourth-order valence-corrected chi connectivity index (χ4v) is 2.38. The lowest BCUT2D eigenvalue weighted by molar-refractivity contribution is 0.866. The fourth-order valence-electron chi connectivity index (χ4n) is 2.21. The highest BCUT2D eigenvalue weighted by atomic mass is 32.1. The Morgan fingerprint density at radius 2 is 1.70 bits per heavy atom. The van der Waals surface area contributed by atoms with Gasteiger partial charge in [0, 0.05) is 24.5 Å². The summed E-state index contributed by atoms with van der Waals surface area (Å²) in [5, 5.41) is 7.69. The van der Waals surface area contributed by atoms with E-state index in [9.17, 15) is 0 Å². The Kier molecular flexibility index (Phi) is 6.56. The van der Waals surface area contributed by atoms with Crippen LogP contribution in [0.3, 0.4) is 0 Å². The summed E-state index contributed by atoms with van der Waals surface area (Å²) in [6, 6.07) is 18.1. The molecule has 0 aromatic heterocycles. The standard InChI is InChI=1S/C18H22N4S/c1-3-22(4-2)17-12-10-15(11-13-17)14-19-21-18(23)20-16-8-6-5-7-9-16/h5-14H,3-4H2,1-2H3,(H2,20,21,23)/b19-14+. The van der Waals surface area contributed by atoms with Crippen molar-refractivity contribution in [3.05, 3.63) is 60.2 Å². The van der Waals surface area contributed by atoms with E-state index in [-0.39, 0.29) is 0 Å². The molecule has 0 spiro atoms. The summed E-state index contributed by atoms with van der Waals surface area (Å²) in [4.78, 5) is 2.30. The minimum Gasteiger partial charge on any atom is -0.372 e. The maximum atomic E-state index is 5.20. The molecule has 0 saturated heterocycles. The molecule has 0 aliphatic heterocycles. The zero-order valence-corrected chi connectivity index (χ0v) is 14.3. The van der Waals surface area contributed by atoms with Crippen LogP contribution in [0, 0.1) is 0 Å². The lowest BCUT2D eigenvalue weighted by Gasteiger charge is -2.20. The first-order valence-electron chi connectivity index (χ1n) is 7.73. The first-order valence-corrected chi connectivity index (χ1v) is 8.14. The summed E-state index contributed by atoms with van der Waals surface area (Å²) in [6.45, 7) is 6.32. The molecule has 4 nitrogen and oxygen atoms in total. The van der Waals surface area contributed by atoms with E-state index >= 15 is 0 Å². The van der Waals surface area contributed by atoms with Crippen LogP contribution in [0.5, 0.6) is 0 Å². The quantitative estimate of drug-likeness (QED) is 0.480. The Bertz CT molecular complexity index is 634. The third-order valence-electron chi connectivity index (χ3n) is 3.43. The van der Waals surface area contributed by atoms with E-state index in [1.165, 1.54) is 5.69 Å². The highest BCUT2D eigenvalue weighted by molar-refractivity contribution is 7.80. The van der Waals surface area contributed by atoms with Crippen LogP contribution in [0.25, 0.3) is 0 Å². The first kappa shape index (κ1) is 17.0. The summed E-state index contributed by atoms with van der Waals surface area (Å²) in [7, 11) is 0. The van der Waals surface area contributed by atoms with Crippen molar-refractivity contribution in [1.29, 1.82) is 0 Å². The van der Waals surface area contributed by atoms with Gasteiger partial charge in [-0.05, 0) is 55.9 Å². The first-order chi connectivity index (χ1) is 11.2. The van der Waals surface area contributed by atoms with Crippen LogP contribution in [0.15, 0.2) is 59.7 Å². The predicted molar refractivity (Wildman–Crippen MR) is 103 cm³/mol. The van der Waals surface area contributed by atoms with Crippen LogP contribution < -0.4 is 15.6 Å². The molecule has 0 fully saturated rings. The van der Waals surface area contributed by atoms with Gasteiger partial charge in [-0.3, -0.25) is 5.43 Å². The Hall–Kier alpha value is -2.40. The van der Waals surface area contributed by atoms with Gasteiger partial charge in [0.05, 0.1) is 6.21 Å². The van der Waals surface area contributed by atoms with Gasteiger partial charge in [-0.1, -0.05) is 30.3 Å². The highest BCUT2D eigenvalue weighted by Crippen LogP contribution is 2.13. The molecule has 2 rings (SSSR count). The van der Waals surface area contributed by atoms with E-state index in [0.29, 0.717) is 5.11 Å². The monoisotopic (exact) mass is 326 g/mol. The normalized spacial score (nSPS) is 10.5. The zero-order valence-electron chi connectivity index (χ0n) is 13.5. The molecule has 120 valence electrons. The summed E-state index contributed by atoms with van der Waals surface area (Å²) < 4.78 is 0. The third-order valence-corrected chi connectivity index (χ3v) is 3.63. The average Bonchev–Trinajstić information content (AvgIpc) is 2.58. The van der Waals surface area contributed by atoms with Gasteiger partial charge < -0.3 is 10.2 Å². The van der Waals surface area contributed by atoms with Gasteiger partial charge in [0.2, 0.25) is 0 Å². The molecule has 0 aliphatic carbocycles. The summed E-state index contributed by atoms with van der Waals surface area (Å²) >= 11 is 5.20. The van der Waals surface area contributed by atoms with Crippen molar-refractivity contribution in [1.82, 2.24) is 5.43 Å². The number of benzene rings is 2. The van der Waals surface area contributed by atoms with E-state index in [4.69, 9.17) is 12.2 Å². The molecule has 2 aromatic rings. The minimum atomic E-state index is 0.465. The van der Waals surface area contributed by atoms with Gasteiger partial charge >= 0.3 is 0 Å². The predicted octanol–water partition coefficient (Wildman–Crippen LogP) is 3.85. The molecule has 2 N–H and O–H groups in total. The lowest BCUT2D eigenvalue weighted by Crippen LogP contribution is -2.23. The van der Waals surface area contributed by atoms with Gasteiger partial charge in [0.1, 0.15) is 0 Å². The highest BCUT2D eigenvalue weighted by Gasteiger charge is 2.00. The molecule has 0 saturated carbocycles. The molecule has 0 radical (unpaired) electrons. The van der Waals surface area contributed by atoms with E-state index in [1.807, 2.05) is 42.5 Å². The maximum Gasteiger partial charge on any atom is 0.191 e. The van der Waals surface area contributed by atoms with Gasteiger partial charge in [0.15, 0.2) is 5.11 Å². The number of anilines is 2. The van der Waals surface area contributed by atoms with Gasteiger partial charge in [-0.2, -0.15) is 5.10 Å². The smallest absolute Gasteiger partial charge is 0.191 e. The largest absolute Gasteiger partial charge is 0.372 e. The topological polar surface area (TPSA) is 39.7 Å². The van der Waals surface area contributed by atoms with Crippen LogP contribution in [0.4, 0.5) is 11.4 Å². The van der Waals surface area contributed by atoms with Gasteiger partial charge in [-0.15, -0.1) is 0 Å². The molecule has 5 heteroatoms. The molecule has 0 bridgehead atoms. The van der Waals surface area contributed by atoms with Crippen molar-refractivity contribution in [3.63, 3.8) is 0 Å². The van der Waals surface area contributed by atoms with Gasteiger partial charge in [0.25, 0.3) is 0 Å². The van der Waals surface area contributed by atoms with Crippen LogP contribution in [-0.4, -0.2) is 24.4 Å². The van der Waals surface area contributed by atoms with E-state index in [1.54, 1.807) is 6.21 Å². The average molecular weight is 326 g/mol. The Balaban J connectivity index is 1.86. The lowest BCUT2D eigenvalue weighted by atomic mass is 10.2. The van der Waals surface area contributed by atoms with Crippen LogP contribution in [0.1, 0.15) is 19.4 Å². The number of rotatable bonds is 6. The van der Waals surface area contributed by atoms with Crippen LogP contribution >= 0.6 is 12.2 Å². The van der Waals surface area contributed by atoms with Crippen molar-refractivity contribution in [2.45, 2.75) is 13.8 Å². The molecule has 2 aromatic carbocycles. The molecule has 0 atom stereocenters. The minimum absolute atomic E-state index is 0.465. The second-order valence-corrected chi connectivity index (χ2v) is 5.36. The number of hydrazone groups is 1. The van der Waals surface area contributed by atoms with Crippen molar-refractivity contribution in [3.8, 4) is 0 Å². The molecule has 23 heavy (non-hydrogen) atoms. The molecule has 0 aliphatic rings. The third kappa shape index (κ3) is 5.38. The van der Waals surface area contributed by atoms with Gasteiger partial charge in [-0.25, -0.2) is 0 Å². The number of para-hydroxylation sites is 1. The van der Waals surface area contributed by atoms with E-state index in [2.05, 4.69) is 46.7 Å². The van der Waals surface area contributed by atoms with Crippen molar-refractivity contribution in [2.75, 3.05) is 23.3 Å². The maximum absolute atomic E-state index is 5.20. The Morgan fingerprint density at radius 1 is 1.04 bits per heavy atom. The number of hydrogen-bond acceptors (Lipinski definition) is 3. The molecule has 0 heterocycles. The summed E-state index contributed by atoms with van der Waals surface area (Å²) in [5.74, 6) is 0. The van der Waals surface area contributed by atoms with Crippen molar-refractivity contribution >= 4 is 34.9 Å². The second kappa shape index (κ2) is 8.90. The second-order valence-electron chi connectivity index (χ2n) is 4.95. The summed E-state index contributed by atoms with van der Waals surface area (Å²) in [6.07, 6.45) is 1.75. The zero-order chi connectivity index (χ0) is 16.5. The number of thiocarbonyl (C=S) groups is 1. The van der Waals surface area contributed by atoms with Crippen LogP contribution in [0.2, 0.25) is 0 Å². The number of nitrogens with zero attached hydrogens (tertiary/aromatic N) is 2. The van der Waals surface area contributed by atoms with Crippen molar-refractivity contribution < 1.29 is 0 Å². The van der Waals surface area contributed by atoms with E-state index in [0.717, 1.165) is 24.3 Å². The number of hydrogen-bond donors (Lipinski definition) is 2. The van der Waals surface area contributed by atoms with E-state index < -0.39 is 0 Å². The van der Waals surface area contributed by atoms with Crippen LogP contribution in [-0.2, 0) is 0 Å². The number of nitrogens with one attached hydrogen (secondary N) is 2. The Labute approximate surface area is 143 Å². The molecule has 0 amide bonds. The fraction of sp³-hybridized carbons (Fsp3) is 0.222.